The molecule has 0 aliphatic carbocycles. The zero-order chi connectivity index (χ0) is 14.9. The number of benzene rings is 1. The SMILES string of the molecule is Cc1ccc(C#N)cc1S(=O)(=O)N1CC(C)OC(C)C1. The quantitative estimate of drug-likeness (QED) is 0.832. The molecule has 0 spiro atoms. The Morgan fingerprint density at radius 1 is 1.30 bits per heavy atom. The predicted octanol–water partition coefficient (Wildman–Crippen LogP) is 1.66. The van der Waals surface area contributed by atoms with Crippen LogP contribution in [0.3, 0.4) is 0 Å². The first-order valence-electron chi connectivity index (χ1n) is 6.51. The Bertz CT molecular complexity index is 639. The molecular formula is C14H18N2O3S. The maximum Gasteiger partial charge on any atom is 0.243 e. The van der Waals surface area contributed by atoms with E-state index in [0.29, 0.717) is 24.2 Å². The van der Waals surface area contributed by atoms with E-state index in [4.69, 9.17) is 10.00 Å². The minimum absolute atomic E-state index is 0.131. The van der Waals surface area contributed by atoms with E-state index in [0.717, 1.165) is 0 Å². The molecule has 0 aromatic heterocycles. The molecule has 1 aromatic rings. The largest absolute Gasteiger partial charge is 0.373 e. The number of aryl methyl sites for hydroxylation is 1. The lowest BCUT2D eigenvalue weighted by Crippen LogP contribution is -2.48. The van der Waals surface area contributed by atoms with Gasteiger partial charge in [-0.2, -0.15) is 9.57 Å². The lowest BCUT2D eigenvalue weighted by molar-refractivity contribution is -0.0440. The molecule has 2 unspecified atom stereocenters. The fraction of sp³-hybridized carbons (Fsp3) is 0.500. The molecule has 0 saturated carbocycles. The summed E-state index contributed by atoms with van der Waals surface area (Å²) in [5.74, 6) is 0. The third kappa shape index (κ3) is 2.85. The summed E-state index contributed by atoms with van der Waals surface area (Å²) in [6.07, 6.45) is -0.263. The van der Waals surface area contributed by atoms with Crippen LogP contribution in [0, 0.1) is 18.3 Å². The topological polar surface area (TPSA) is 70.4 Å². The summed E-state index contributed by atoms with van der Waals surface area (Å²) in [4.78, 5) is 0.206. The van der Waals surface area contributed by atoms with Crippen molar-refractivity contribution in [3.05, 3.63) is 29.3 Å². The number of rotatable bonds is 2. The van der Waals surface area contributed by atoms with Crippen LogP contribution in [0.4, 0.5) is 0 Å². The van der Waals surface area contributed by atoms with Crippen molar-refractivity contribution in [2.45, 2.75) is 37.9 Å². The molecule has 5 nitrogen and oxygen atoms in total. The molecule has 20 heavy (non-hydrogen) atoms. The third-order valence-corrected chi connectivity index (χ3v) is 5.29. The first-order valence-corrected chi connectivity index (χ1v) is 7.95. The minimum atomic E-state index is -3.59. The summed E-state index contributed by atoms with van der Waals surface area (Å²) in [6.45, 7) is 6.13. The average molecular weight is 294 g/mol. The molecule has 1 heterocycles. The zero-order valence-corrected chi connectivity index (χ0v) is 12.6. The second-order valence-corrected chi connectivity index (χ2v) is 7.08. The van der Waals surface area contributed by atoms with E-state index in [1.807, 2.05) is 19.9 Å². The molecule has 0 N–H and O–H groups in total. The number of nitriles is 1. The van der Waals surface area contributed by atoms with E-state index in [2.05, 4.69) is 0 Å². The highest BCUT2D eigenvalue weighted by atomic mass is 32.2. The molecular weight excluding hydrogens is 276 g/mol. The van der Waals surface area contributed by atoms with E-state index in [1.54, 1.807) is 19.1 Å². The van der Waals surface area contributed by atoms with Crippen molar-refractivity contribution in [2.24, 2.45) is 0 Å². The lowest BCUT2D eigenvalue weighted by Gasteiger charge is -2.34. The normalized spacial score (nSPS) is 24.3. The summed E-state index contributed by atoms with van der Waals surface area (Å²) >= 11 is 0. The Kier molecular flexibility index (Phi) is 4.14. The predicted molar refractivity (Wildman–Crippen MR) is 74.7 cm³/mol. The zero-order valence-electron chi connectivity index (χ0n) is 11.8. The van der Waals surface area contributed by atoms with Gasteiger partial charge in [0, 0.05) is 13.1 Å². The van der Waals surface area contributed by atoms with Crippen molar-refractivity contribution >= 4 is 10.0 Å². The molecule has 1 aliphatic rings. The maximum atomic E-state index is 12.7. The van der Waals surface area contributed by atoms with Gasteiger partial charge in [0.15, 0.2) is 0 Å². The van der Waals surface area contributed by atoms with Crippen LogP contribution in [0.5, 0.6) is 0 Å². The van der Waals surface area contributed by atoms with Crippen LogP contribution in [-0.2, 0) is 14.8 Å². The second kappa shape index (κ2) is 5.52. The molecule has 0 radical (unpaired) electrons. The van der Waals surface area contributed by atoms with Gasteiger partial charge < -0.3 is 4.74 Å². The summed E-state index contributed by atoms with van der Waals surface area (Å²) in [6, 6.07) is 6.71. The van der Waals surface area contributed by atoms with Gasteiger partial charge >= 0.3 is 0 Å². The smallest absolute Gasteiger partial charge is 0.243 e. The summed E-state index contributed by atoms with van der Waals surface area (Å²) in [5.41, 5.74) is 0.999. The van der Waals surface area contributed by atoms with Crippen molar-refractivity contribution in [3.63, 3.8) is 0 Å². The van der Waals surface area contributed by atoms with Crippen LogP contribution in [0.15, 0.2) is 23.1 Å². The Balaban J connectivity index is 2.42. The maximum absolute atomic E-state index is 12.7. The highest BCUT2D eigenvalue weighted by molar-refractivity contribution is 7.89. The van der Waals surface area contributed by atoms with Gasteiger partial charge in [-0.1, -0.05) is 6.07 Å². The summed E-state index contributed by atoms with van der Waals surface area (Å²) < 4.78 is 32.5. The fourth-order valence-electron chi connectivity index (χ4n) is 2.41. The van der Waals surface area contributed by atoms with E-state index in [-0.39, 0.29) is 17.1 Å². The van der Waals surface area contributed by atoms with E-state index >= 15 is 0 Å². The average Bonchev–Trinajstić information content (AvgIpc) is 2.38. The van der Waals surface area contributed by atoms with Gasteiger partial charge in [-0.25, -0.2) is 8.42 Å². The van der Waals surface area contributed by atoms with E-state index < -0.39 is 10.0 Å². The van der Waals surface area contributed by atoms with Crippen LogP contribution < -0.4 is 0 Å². The number of nitrogens with zero attached hydrogens (tertiary/aromatic N) is 2. The molecule has 2 atom stereocenters. The number of morpholine rings is 1. The van der Waals surface area contributed by atoms with Gasteiger partial charge in [0.1, 0.15) is 0 Å². The van der Waals surface area contributed by atoms with Crippen LogP contribution in [0.1, 0.15) is 25.0 Å². The van der Waals surface area contributed by atoms with Crippen molar-refractivity contribution < 1.29 is 13.2 Å². The fourth-order valence-corrected chi connectivity index (χ4v) is 4.25. The number of sulfonamides is 1. The molecule has 1 saturated heterocycles. The molecule has 1 aliphatic heterocycles. The highest BCUT2D eigenvalue weighted by Gasteiger charge is 2.33. The van der Waals surface area contributed by atoms with Gasteiger partial charge in [0.05, 0.1) is 28.7 Å². The number of hydrogen-bond donors (Lipinski definition) is 0. The second-order valence-electron chi connectivity index (χ2n) is 5.17. The van der Waals surface area contributed by atoms with Gasteiger partial charge in [-0.3, -0.25) is 0 Å². The Hall–Kier alpha value is -1.42. The van der Waals surface area contributed by atoms with Crippen molar-refractivity contribution in [3.8, 4) is 6.07 Å². The Morgan fingerprint density at radius 2 is 1.90 bits per heavy atom. The van der Waals surface area contributed by atoms with Crippen molar-refractivity contribution in [1.29, 1.82) is 5.26 Å². The third-order valence-electron chi connectivity index (χ3n) is 3.32. The monoisotopic (exact) mass is 294 g/mol. The minimum Gasteiger partial charge on any atom is -0.373 e. The van der Waals surface area contributed by atoms with E-state index in [9.17, 15) is 8.42 Å². The van der Waals surface area contributed by atoms with Crippen LogP contribution in [0.2, 0.25) is 0 Å². The van der Waals surface area contributed by atoms with Crippen LogP contribution >= 0.6 is 0 Å². The lowest BCUT2D eigenvalue weighted by atomic mass is 10.2. The number of hydrogen-bond acceptors (Lipinski definition) is 4. The van der Waals surface area contributed by atoms with Gasteiger partial charge in [0.2, 0.25) is 10.0 Å². The molecule has 1 fully saturated rings. The van der Waals surface area contributed by atoms with Crippen molar-refractivity contribution in [1.82, 2.24) is 4.31 Å². The molecule has 0 amide bonds. The Labute approximate surface area is 119 Å². The molecule has 0 bridgehead atoms. The Morgan fingerprint density at radius 3 is 2.45 bits per heavy atom. The molecule has 2 rings (SSSR count). The summed E-state index contributed by atoms with van der Waals surface area (Å²) in [7, 11) is -3.59. The highest BCUT2D eigenvalue weighted by Crippen LogP contribution is 2.24. The first kappa shape index (κ1) is 15.0. The molecule has 108 valence electrons. The van der Waals surface area contributed by atoms with Gasteiger partial charge in [-0.15, -0.1) is 0 Å². The van der Waals surface area contributed by atoms with E-state index in [1.165, 1.54) is 10.4 Å². The first-order chi connectivity index (χ1) is 9.34. The number of ether oxygens (including phenoxy) is 1. The van der Waals surface area contributed by atoms with Crippen molar-refractivity contribution in [2.75, 3.05) is 13.1 Å². The van der Waals surface area contributed by atoms with Crippen LogP contribution in [0.25, 0.3) is 0 Å². The van der Waals surface area contributed by atoms with Gasteiger partial charge in [-0.05, 0) is 38.5 Å². The molecule has 6 heteroatoms. The summed E-state index contributed by atoms with van der Waals surface area (Å²) in [5, 5.41) is 8.93. The van der Waals surface area contributed by atoms with Gasteiger partial charge in [0.25, 0.3) is 0 Å². The van der Waals surface area contributed by atoms with Crippen LogP contribution in [-0.4, -0.2) is 38.0 Å². The standard InChI is InChI=1S/C14H18N2O3S/c1-10-4-5-13(7-15)6-14(10)20(17,18)16-8-11(2)19-12(3)9-16/h4-6,11-12H,8-9H2,1-3H3. The molecule has 1 aromatic carbocycles.